The van der Waals surface area contributed by atoms with Crippen LogP contribution in [0.25, 0.3) is 22.8 Å². The van der Waals surface area contributed by atoms with Gasteiger partial charge in [-0.15, -0.1) is 0 Å². The lowest BCUT2D eigenvalue weighted by Gasteiger charge is -2.15. The Kier molecular flexibility index (Phi) is 16.8. The quantitative estimate of drug-likeness (QED) is 0.0923. The van der Waals surface area contributed by atoms with Gasteiger partial charge in [0.2, 0.25) is 11.6 Å². The molecule has 6 aromatic rings. The number of alkyl carbamates (subject to hydrolysis) is 1. The number of benzene rings is 2. The van der Waals surface area contributed by atoms with Crippen molar-refractivity contribution in [3.8, 4) is 22.8 Å². The normalized spacial score (nSPS) is 12.1. The zero-order chi connectivity index (χ0) is 48.2. The van der Waals surface area contributed by atoms with Crippen molar-refractivity contribution < 1.29 is 72.8 Å². The third-order valence-electron chi connectivity index (χ3n) is 8.09. The van der Waals surface area contributed by atoms with E-state index in [0.717, 1.165) is 22.5 Å². The van der Waals surface area contributed by atoms with E-state index in [9.17, 15) is 54.3 Å². The lowest BCUT2D eigenvalue weighted by Crippen LogP contribution is -2.38. The SMILES string of the molecule is COC(=O)Cl.COC(=O)NCC(NC(=O)c1cc(C(F)(F)F)nn1C)c1nc(-c2cccc(F)c2)no1.Cn1nc(C(F)(F)F)cc1C(=O)NC(CN)c1nc(-c2cccc(F)c2)no1. The number of carbonyl (C=O) groups excluding carboxylic acids is 4. The number of carbonyl (C=O) groups is 4. The maximum Gasteiger partial charge on any atom is 0.435 e. The van der Waals surface area contributed by atoms with Gasteiger partial charge in [-0.1, -0.05) is 34.6 Å². The molecular weight excluding hydrogens is 916 g/mol. The van der Waals surface area contributed by atoms with Crippen molar-refractivity contribution in [1.82, 2.24) is 55.8 Å². The summed E-state index contributed by atoms with van der Waals surface area (Å²) in [5, 5.41) is 21.1. The number of hydrogen-bond donors (Lipinski definition) is 4. The van der Waals surface area contributed by atoms with Gasteiger partial charge in [-0.3, -0.25) is 19.0 Å². The van der Waals surface area contributed by atoms with Crippen LogP contribution in [0.15, 0.2) is 69.7 Å². The Morgan fingerprint density at radius 3 is 1.49 bits per heavy atom. The summed E-state index contributed by atoms with van der Waals surface area (Å²) < 4.78 is 124. The standard InChI is InChI=1S/C18H16F4N6O4.C16H14F4N6O2.C2H3ClO2/c1-28-12(7-13(26-28)18(20,21)22)15(29)24-11(8-23-17(30)31-2)16-25-14(27-32-16)9-4-3-5-10(19)6-9;1-26-11(6-12(24-26)16(18,19)20)14(27)22-10(7-21)15-23-13(25-28-15)8-3-2-4-9(17)5-8;1-5-2(3)4/h3-7,11H,8H2,1-2H3,(H,23,30)(H,24,29);2-6,10H,7,21H2,1H3,(H,22,27);1H3. The number of rotatable bonds is 11. The molecule has 0 aliphatic heterocycles. The largest absolute Gasteiger partial charge is 0.457 e. The molecule has 29 heteroatoms. The fraction of sp³-hybridized carbons (Fsp3) is 0.278. The van der Waals surface area contributed by atoms with Gasteiger partial charge in [0.1, 0.15) is 35.1 Å². The Labute approximate surface area is 364 Å². The second-order valence-corrected chi connectivity index (χ2v) is 12.9. The summed E-state index contributed by atoms with van der Waals surface area (Å²) in [6.07, 6.45) is -10.3. The van der Waals surface area contributed by atoms with E-state index in [-0.39, 0.29) is 47.8 Å². The van der Waals surface area contributed by atoms with Gasteiger partial charge in [0, 0.05) is 55.5 Å². The monoisotopic (exact) mass is 948 g/mol. The number of nitrogens with two attached hydrogens (primary N) is 1. The first kappa shape index (κ1) is 50.2. The van der Waals surface area contributed by atoms with Gasteiger partial charge >= 0.3 is 23.9 Å². The molecule has 0 saturated carbocycles. The molecule has 3 amide bonds. The van der Waals surface area contributed by atoms with Crippen LogP contribution in [0, 0.1) is 11.6 Å². The van der Waals surface area contributed by atoms with Crippen molar-refractivity contribution in [2.75, 3.05) is 27.3 Å². The van der Waals surface area contributed by atoms with E-state index in [1.807, 2.05) is 0 Å². The molecule has 2 aromatic carbocycles. The van der Waals surface area contributed by atoms with Crippen LogP contribution >= 0.6 is 11.6 Å². The Hall–Kier alpha value is -7.49. The molecule has 5 N–H and O–H groups in total. The molecule has 0 aliphatic carbocycles. The zero-order valence-electron chi connectivity index (χ0n) is 33.7. The van der Waals surface area contributed by atoms with Gasteiger partial charge < -0.3 is 40.2 Å². The van der Waals surface area contributed by atoms with Crippen molar-refractivity contribution in [3.05, 3.63) is 107 Å². The molecular formula is C36H33ClF8N12O8. The van der Waals surface area contributed by atoms with Crippen LogP contribution in [0.1, 0.15) is 56.2 Å². The number of halogens is 9. The molecule has 65 heavy (non-hydrogen) atoms. The van der Waals surface area contributed by atoms with Gasteiger partial charge in [-0.2, -0.15) is 46.5 Å². The van der Waals surface area contributed by atoms with E-state index in [4.69, 9.17) is 14.8 Å². The predicted octanol–water partition coefficient (Wildman–Crippen LogP) is 5.50. The summed E-state index contributed by atoms with van der Waals surface area (Å²) in [5.41, 5.74) is 2.30. The second-order valence-electron chi connectivity index (χ2n) is 12.6. The van der Waals surface area contributed by atoms with Crippen LogP contribution in [0.2, 0.25) is 0 Å². The Balaban J connectivity index is 0.000000259. The molecule has 20 nitrogen and oxygen atoms in total. The molecule has 0 spiro atoms. The van der Waals surface area contributed by atoms with Crippen LogP contribution in [0.3, 0.4) is 0 Å². The first-order valence-corrected chi connectivity index (χ1v) is 18.2. The number of nitrogens with one attached hydrogen (secondary N) is 3. The summed E-state index contributed by atoms with van der Waals surface area (Å²) in [6, 6.07) is 9.86. The van der Waals surface area contributed by atoms with Crippen LogP contribution in [-0.2, 0) is 35.9 Å². The Morgan fingerprint density at radius 1 is 0.723 bits per heavy atom. The predicted molar refractivity (Wildman–Crippen MR) is 204 cm³/mol. The van der Waals surface area contributed by atoms with E-state index in [0.29, 0.717) is 17.7 Å². The van der Waals surface area contributed by atoms with Crippen LogP contribution in [0.4, 0.5) is 44.7 Å². The average Bonchev–Trinajstić information content (AvgIpc) is 4.08. The van der Waals surface area contributed by atoms with Crippen molar-refractivity contribution in [2.24, 2.45) is 19.8 Å². The van der Waals surface area contributed by atoms with Gasteiger partial charge in [-0.05, 0) is 24.3 Å². The van der Waals surface area contributed by atoms with E-state index < -0.39 is 76.5 Å². The maximum absolute atomic E-state index is 13.5. The molecule has 6 rings (SSSR count). The van der Waals surface area contributed by atoms with Crippen molar-refractivity contribution >= 4 is 34.9 Å². The summed E-state index contributed by atoms with van der Waals surface area (Å²) in [7, 11) is 4.71. The highest BCUT2D eigenvalue weighted by molar-refractivity contribution is 6.61. The number of hydrogen-bond acceptors (Lipinski definition) is 15. The average molecular weight is 949 g/mol. The first-order chi connectivity index (χ1) is 30.5. The van der Waals surface area contributed by atoms with Crippen LogP contribution in [0.5, 0.6) is 0 Å². The van der Waals surface area contributed by atoms with Crippen LogP contribution < -0.4 is 21.7 Å². The summed E-state index contributed by atoms with van der Waals surface area (Å²) in [5.74, 6) is -3.03. The molecule has 0 fully saturated rings. The van der Waals surface area contributed by atoms with Gasteiger partial charge in [0.25, 0.3) is 23.6 Å². The Bertz CT molecular complexity index is 2600. The minimum absolute atomic E-state index is 0.00305. The number of aryl methyl sites for hydroxylation is 2. The third-order valence-corrected chi connectivity index (χ3v) is 8.25. The topological polar surface area (TPSA) is 262 Å². The highest BCUT2D eigenvalue weighted by Gasteiger charge is 2.37. The smallest absolute Gasteiger partial charge is 0.435 e. The number of nitrogens with zero attached hydrogens (tertiary/aromatic N) is 8. The number of ether oxygens (including phenoxy) is 2. The molecule has 2 unspecified atom stereocenters. The number of alkyl halides is 6. The second kappa shape index (κ2) is 21.7. The fourth-order valence-corrected chi connectivity index (χ4v) is 5.02. The third kappa shape index (κ3) is 14.0. The molecule has 4 aromatic heterocycles. The van der Waals surface area contributed by atoms with E-state index in [1.165, 1.54) is 57.6 Å². The molecule has 0 bridgehead atoms. The van der Waals surface area contributed by atoms with E-state index in [2.05, 4.69) is 67.5 Å². The summed E-state index contributed by atoms with van der Waals surface area (Å²) >= 11 is 4.60. The summed E-state index contributed by atoms with van der Waals surface area (Å²) in [4.78, 5) is 53.9. The van der Waals surface area contributed by atoms with E-state index >= 15 is 0 Å². The molecule has 4 heterocycles. The van der Waals surface area contributed by atoms with Gasteiger partial charge in [0.15, 0.2) is 11.4 Å². The van der Waals surface area contributed by atoms with E-state index in [1.54, 1.807) is 6.07 Å². The van der Waals surface area contributed by atoms with Crippen LogP contribution in [-0.4, -0.2) is 90.5 Å². The molecule has 348 valence electrons. The van der Waals surface area contributed by atoms with Gasteiger partial charge in [-0.25, -0.2) is 18.4 Å². The minimum atomic E-state index is -4.74. The highest BCUT2D eigenvalue weighted by atomic mass is 35.5. The zero-order valence-corrected chi connectivity index (χ0v) is 34.4. The number of aromatic nitrogens is 8. The first-order valence-electron chi connectivity index (χ1n) is 17.8. The highest BCUT2D eigenvalue weighted by Crippen LogP contribution is 2.30. The lowest BCUT2D eigenvalue weighted by atomic mass is 10.2. The van der Waals surface area contributed by atoms with Crippen molar-refractivity contribution in [3.63, 3.8) is 0 Å². The minimum Gasteiger partial charge on any atom is -0.457 e. The maximum atomic E-state index is 13.5. The number of amides is 3. The molecule has 0 radical (unpaired) electrons. The fourth-order valence-electron chi connectivity index (χ4n) is 5.02. The lowest BCUT2D eigenvalue weighted by molar-refractivity contribution is -0.142. The van der Waals surface area contributed by atoms with Crippen molar-refractivity contribution in [1.29, 1.82) is 0 Å². The summed E-state index contributed by atoms with van der Waals surface area (Å²) in [6.45, 7) is -0.465. The number of methoxy groups -OCH3 is 2. The molecule has 0 aliphatic rings. The molecule has 2 atom stereocenters. The van der Waals surface area contributed by atoms with Crippen molar-refractivity contribution in [2.45, 2.75) is 24.4 Å². The molecule has 0 saturated heterocycles. The van der Waals surface area contributed by atoms with Gasteiger partial charge in [0.05, 0.1) is 20.8 Å². The Morgan fingerprint density at radius 2 is 1.14 bits per heavy atom.